The Balaban J connectivity index is 2.38. The maximum Gasteiger partial charge on any atom is 0.418 e. The van der Waals surface area contributed by atoms with Gasteiger partial charge in [0, 0.05) is 18.8 Å². The Bertz CT molecular complexity index is 540. The van der Waals surface area contributed by atoms with Crippen LogP contribution in [0.5, 0.6) is 0 Å². The van der Waals surface area contributed by atoms with Crippen LogP contribution in [0.3, 0.4) is 0 Å². The summed E-state index contributed by atoms with van der Waals surface area (Å²) in [4.78, 5) is 12.6. The monoisotopic (exact) mass is 301 g/mol. The third-order valence-electron chi connectivity index (χ3n) is 4.06. The van der Waals surface area contributed by atoms with Crippen molar-refractivity contribution in [2.24, 2.45) is 11.8 Å². The van der Waals surface area contributed by atoms with E-state index >= 15 is 0 Å². The molecule has 1 aliphatic heterocycles. The van der Waals surface area contributed by atoms with Crippen LogP contribution in [0.15, 0.2) is 18.2 Å². The van der Waals surface area contributed by atoms with Gasteiger partial charge in [-0.05, 0) is 36.5 Å². The molecule has 1 aromatic rings. The van der Waals surface area contributed by atoms with E-state index in [4.69, 9.17) is 5.11 Å². The highest BCUT2D eigenvalue weighted by atomic mass is 19.4. The number of carbonyl (C=O) groups is 1. The van der Waals surface area contributed by atoms with Crippen molar-refractivity contribution in [1.82, 2.24) is 0 Å². The van der Waals surface area contributed by atoms with Gasteiger partial charge in [-0.3, -0.25) is 0 Å². The lowest BCUT2D eigenvalue weighted by atomic mass is 9.95. The number of benzene rings is 1. The highest BCUT2D eigenvalue weighted by molar-refractivity contribution is 5.88. The first-order valence-electron chi connectivity index (χ1n) is 6.89. The van der Waals surface area contributed by atoms with Crippen LogP contribution in [0.2, 0.25) is 0 Å². The van der Waals surface area contributed by atoms with Gasteiger partial charge in [0.05, 0.1) is 11.1 Å². The van der Waals surface area contributed by atoms with E-state index in [1.807, 2.05) is 0 Å². The minimum absolute atomic E-state index is 0.0793. The predicted molar refractivity (Wildman–Crippen MR) is 73.6 cm³/mol. The van der Waals surface area contributed by atoms with Gasteiger partial charge in [-0.25, -0.2) is 4.79 Å². The molecule has 1 unspecified atom stereocenters. The second-order valence-corrected chi connectivity index (χ2v) is 5.77. The van der Waals surface area contributed by atoms with Crippen molar-refractivity contribution in [3.63, 3.8) is 0 Å². The normalized spacial score (nSPS) is 19.3. The number of nitrogens with zero attached hydrogens (tertiary/aromatic N) is 1. The Morgan fingerprint density at radius 2 is 2.05 bits per heavy atom. The molecule has 0 spiro atoms. The van der Waals surface area contributed by atoms with E-state index in [1.165, 1.54) is 12.1 Å². The molecule has 0 amide bonds. The molecule has 1 fully saturated rings. The predicted octanol–water partition coefficient (Wildman–Crippen LogP) is 3.89. The zero-order valence-electron chi connectivity index (χ0n) is 11.9. The van der Waals surface area contributed by atoms with E-state index < -0.39 is 17.7 Å². The summed E-state index contributed by atoms with van der Waals surface area (Å²) in [5, 5.41) is 8.87. The van der Waals surface area contributed by atoms with Gasteiger partial charge in [-0.2, -0.15) is 13.2 Å². The fourth-order valence-electron chi connectivity index (χ4n) is 2.72. The number of hydrogen-bond donors (Lipinski definition) is 1. The summed E-state index contributed by atoms with van der Waals surface area (Å²) in [5.74, 6) is -0.568. The van der Waals surface area contributed by atoms with E-state index in [1.54, 1.807) is 4.90 Å². The van der Waals surface area contributed by atoms with Gasteiger partial charge in [-0.1, -0.05) is 13.8 Å². The summed E-state index contributed by atoms with van der Waals surface area (Å²) in [5.41, 5.74) is -1.13. The largest absolute Gasteiger partial charge is 0.478 e. The number of alkyl halides is 3. The zero-order valence-corrected chi connectivity index (χ0v) is 11.9. The summed E-state index contributed by atoms with van der Waals surface area (Å²) < 4.78 is 39.5. The second kappa shape index (κ2) is 5.58. The number of hydrogen-bond acceptors (Lipinski definition) is 2. The molecule has 3 nitrogen and oxygen atoms in total. The fraction of sp³-hybridized carbons (Fsp3) is 0.533. The van der Waals surface area contributed by atoms with E-state index in [-0.39, 0.29) is 11.3 Å². The zero-order chi connectivity index (χ0) is 15.8. The molecule has 1 saturated heterocycles. The van der Waals surface area contributed by atoms with Crippen molar-refractivity contribution in [3.8, 4) is 0 Å². The molecule has 0 aromatic heterocycles. The standard InChI is InChI=1S/C15H18F3NO2/c1-9(2)11-5-6-19(8-11)13-4-3-10(14(20)21)7-12(13)15(16,17)18/h3-4,7,9,11H,5-6,8H2,1-2H3,(H,20,21). The Hall–Kier alpha value is -1.72. The third-order valence-corrected chi connectivity index (χ3v) is 4.06. The molecular formula is C15H18F3NO2. The first-order valence-corrected chi connectivity index (χ1v) is 6.89. The molecule has 1 aromatic carbocycles. The van der Waals surface area contributed by atoms with E-state index in [2.05, 4.69) is 13.8 Å². The number of aromatic carboxylic acids is 1. The Morgan fingerprint density at radius 1 is 1.38 bits per heavy atom. The van der Waals surface area contributed by atoms with Crippen LogP contribution in [-0.4, -0.2) is 24.2 Å². The van der Waals surface area contributed by atoms with Crippen LogP contribution < -0.4 is 4.90 Å². The van der Waals surface area contributed by atoms with Crippen molar-refractivity contribution >= 4 is 11.7 Å². The van der Waals surface area contributed by atoms with Crippen LogP contribution in [0.25, 0.3) is 0 Å². The van der Waals surface area contributed by atoms with Gasteiger partial charge >= 0.3 is 12.1 Å². The molecule has 1 heterocycles. The first kappa shape index (κ1) is 15.7. The Morgan fingerprint density at radius 3 is 2.52 bits per heavy atom. The minimum Gasteiger partial charge on any atom is -0.478 e. The molecule has 0 radical (unpaired) electrons. The maximum atomic E-state index is 13.2. The number of carboxylic acid groups (broad SMARTS) is 1. The van der Waals surface area contributed by atoms with Crippen molar-refractivity contribution in [1.29, 1.82) is 0 Å². The molecule has 116 valence electrons. The van der Waals surface area contributed by atoms with Gasteiger partial charge in [0.15, 0.2) is 0 Å². The summed E-state index contributed by atoms with van der Waals surface area (Å²) >= 11 is 0. The van der Waals surface area contributed by atoms with Gasteiger partial charge in [-0.15, -0.1) is 0 Å². The van der Waals surface area contributed by atoms with Crippen LogP contribution in [0, 0.1) is 11.8 Å². The lowest BCUT2D eigenvalue weighted by Crippen LogP contribution is -2.24. The summed E-state index contributed by atoms with van der Waals surface area (Å²) in [6.45, 7) is 5.27. The summed E-state index contributed by atoms with van der Waals surface area (Å²) in [6, 6.07) is 3.23. The topological polar surface area (TPSA) is 40.5 Å². The number of carboxylic acids is 1. The number of anilines is 1. The van der Waals surface area contributed by atoms with Crippen LogP contribution in [-0.2, 0) is 6.18 Å². The molecule has 1 aliphatic rings. The van der Waals surface area contributed by atoms with Crippen molar-refractivity contribution in [2.75, 3.05) is 18.0 Å². The highest BCUT2D eigenvalue weighted by Crippen LogP contribution is 2.39. The summed E-state index contributed by atoms with van der Waals surface area (Å²) in [6.07, 6.45) is -3.70. The quantitative estimate of drug-likeness (QED) is 0.921. The van der Waals surface area contributed by atoms with Crippen LogP contribution in [0.1, 0.15) is 36.2 Å². The molecule has 0 aliphatic carbocycles. The van der Waals surface area contributed by atoms with E-state index in [0.717, 1.165) is 12.5 Å². The highest BCUT2D eigenvalue weighted by Gasteiger charge is 2.37. The van der Waals surface area contributed by atoms with Crippen molar-refractivity contribution < 1.29 is 23.1 Å². The maximum absolute atomic E-state index is 13.2. The van der Waals surface area contributed by atoms with Crippen molar-refractivity contribution in [3.05, 3.63) is 29.3 Å². The molecule has 2 rings (SSSR count). The third kappa shape index (κ3) is 3.31. The SMILES string of the molecule is CC(C)C1CCN(c2ccc(C(=O)O)cc2C(F)(F)F)C1. The molecule has 1 atom stereocenters. The number of halogens is 3. The molecule has 0 saturated carbocycles. The van der Waals surface area contributed by atoms with Gasteiger partial charge in [0.2, 0.25) is 0 Å². The Labute approximate surface area is 121 Å². The molecule has 0 bridgehead atoms. The Kier molecular flexibility index (Phi) is 4.16. The lowest BCUT2D eigenvalue weighted by Gasteiger charge is -2.24. The van der Waals surface area contributed by atoms with E-state index in [9.17, 15) is 18.0 Å². The molecule has 21 heavy (non-hydrogen) atoms. The van der Waals surface area contributed by atoms with Crippen LogP contribution in [0.4, 0.5) is 18.9 Å². The molecular weight excluding hydrogens is 283 g/mol. The molecule has 6 heteroatoms. The summed E-state index contributed by atoms with van der Waals surface area (Å²) in [7, 11) is 0. The second-order valence-electron chi connectivity index (χ2n) is 5.77. The van der Waals surface area contributed by atoms with Gasteiger partial charge in [0.1, 0.15) is 0 Å². The average molecular weight is 301 g/mol. The van der Waals surface area contributed by atoms with Gasteiger partial charge < -0.3 is 10.0 Å². The average Bonchev–Trinajstić information content (AvgIpc) is 2.86. The van der Waals surface area contributed by atoms with E-state index in [0.29, 0.717) is 24.9 Å². The van der Waals surface area contributed by atoms with Crippen molar-refractivity contribution in [2.45, 2.75) is 26.4 Å². The minimum atomic E-state index is -4.56. The lowest BCUT2D eigenvalue weighted by molar-refractivity contribution is -0.137. The number of rotatable bonds is 3. The fourth-order valence-corrected chi connectivity index (χ4v) is 2.72. The van der Waals surface area contributed by atoms with Crippen LogP contribution >= 0.6 is 0 Å². The first-order chi connectivity index (χ1) is 9.70. The van der Waals surface area contributed by atoms with Gasteiger partial charge in [0.25, 0.3) is 0 Å². The smallest absolute Gasteiger partial charge is 0.418 e. The molecule has 1 N–H and O–H groups in total.